The maximum absolute atomic E-state index is 12.0. The summed E-state index contributed by atoms with van der Waals surface area (Å²) in [5, 5.41) is 5.81. The van der Waals surface area contributed by atoms with Gasteiger partial charge >= 0.3 is 6.03 Å². The molecule has 1 aromatic carbocycles. The van der Waals surface area contributed by atoms with Crippen LogP contribution in [0.5, 0.6) is 0 Å². The smallest absolute Gasteiger partial charge is 0.317 e. The van der Waals surface area contributed by atoms with Crippen LogP contribution in [0.2, 0.25) is 0 Å². The first-order chi connectivity index (χ1) is 10.8. The van der Waals surface area contributed by atoms with E-state index in [1.165, 1.54) is 0 Å². The number of carbonyl (C=O) groups excluding carboxylic acids is 2. The van der Waals surface area contributed by atoms with Crippen molar-refractivity contribution in [1.82, 2.24) is 15.5 Å². The molecular formula is C18H29N3O2. The van der Waals surface area contributed by atoms with Gasteiger partial charge < -0.3 is 15.5 Å². The zero-order chi connectivity index (χ0) is 17.4. The molecule has 0 spiro atoms. The van der Waals surface area contributed by atoms with Gasteiger partial charge in [0, 0.05) is 31.7 Å². The SMILES string of the molecule is CCC(C)NC(=O)c1ccc(CNC(=O)N(C)CC(C)C)cc1. The predicted molar refractivity (Wildman–Crippen MR) is 93.4 cm³/mol. The monoisotopic (exact) mass is 319 g/mol. The van der Waals surface area contributed by atoms with Gasteiger partial charge in [-0.05, 0) is 37.0 Å². The number of nitrogens with one attached hydrogen (secondary N) is 2. The Kier molecular flexibility index (Phi) is 7.59. The summed E-state index contributed by atoms with van der Waals surface area (Å²) in [6, 6.07) is 7.39. The topological polar surface area (TPSA) is 61.4 Å². The maximum atomic E-state index is 12.0. The van der Waals surface area contributed by atoms with Crippen molar-refractivity contribution in [3.63, 3.8) is 0 Å². The van der Waals surface area contributed by atoms with Gasteiger partial charge in [0.25, 0.3) is 5.91 Å². The Bertz CT molecular complexity index is 512. The first kappa shape index (κ1) is 19.0. The zero-order valence-corrected chi connectivity index (χ0v) is 14.8. The highest BCUT2D eigenvalue weighted by Gasteiger charge is 2.10. The highest BCUT2D eigenvalue weighted by atomic mass is 16.2. The molecule has 0 aromatic heterocycles. The van der Waals surface area contributed by atoms with Crippen LogP contribution in [0.3, 0.4) is 0 Å². The summed E-state index contributed by atoms with van der Waals surface area (Å²) < 4.78 is 0. The van der Waals surface area contributed by atoms with E-state index in [1.807, 2.05) is 26.0 Å². The van der Waals surface area contributed by atoms with E-state index in [4.69, 9.17) is 0 Å². The highest BCUT2D eigenvalue weighted by Crippen LogP contribution is 2.06. The van der Waals surface area contributed by atoms with E-state index in [9.17, 15) is 9.59 Å². The normalized spacial score (nSPS) is 11.9. The summed E-state index contributed by atoms with van der Waals surface area (Å²) >= 11 is 0. The minimum absolute atomic E-state index is 0.0633. The van der Waals surface area contributed by atoms with Crippen molar-refractivity contribution >= 4 is 11.9 Å². The molecule has 1 aromatic rings. The predicted octanol–water partition coefficient (Wildman–Crippen LogP) is 3.01. The fourth-order valence-electron chi connectivity index (χ4n) is 2.13. The minimum atomic E-state index is -0.0858. The Morgan fingerprint density at radius 1 is 1.13 bits per heavy atom. The number of hydrogen-bond donors (Lipinski definition) is 2. The lowest BCUT2D eigenvalue weighted by molar-refractivity contribution is 0.0939. The molecule has 23 heavy (non-hydrogen) atoms. The van der Waals surface area contributed by atoms with Crippen LogP contribution in [-0.4, -0.2) is 36.5 Å². The molecule has 1 rings (SSSR count). The highest BCUT2D eigenvalue weighted by molar-refractivity contribution is 5.94. The quantitative estimate of drug-likeness (QED) is 0.811. The second-order valence-corrected chi connectivity index (χ2v) is 6.41. The number of benzene rings is 1. The van der Waals surface area contributed by atoms with Crippen molar-refractivity contribution in [3.8, 4) is 0 Å². The average Bonchev–Trinajstić information content (AvgIpc) is 2.52. The molecule has 0 aliphatic carbocycles. The van der Waals surface area contributed by atoms with Crippen molar-refractivity contribution in [2.75, 3.05) is 13.6 Å². The minimum Gasteiger partial charge on any atom is -0.350 e. The number of hydrogen-bond acceptors (Lipinski definition) is 2. The maximum Gasteiger partial charge on any atom is 0.317 e. The lowest BCUT2D eigenvalue weighted by Gasteiger charge is -2.20. The van der Waals surface area contributed by atoms with Gasteiger partial charge in [-0.15, -0.1) is 0 Å². The van der Waals surface area contributed by atoms with Crippen LogP contribution in [-0.2, 0) is 6.54 Å². The summed E-state index contributed by atoms with van der Waals surface area (Å²) in [7, 11) is 1.79. The van der Waals surface area contributed by atoms with Crippen molar-refractivity contribution in [3.05, 3.63) is 35.4 Å². The van der Waals surface area contributed by atoms with E-state index >= 15 is 0 Å². The standard InChI is InChI=1S/C18H29N3O2/c1-6-14(4)20-17(22)16-9-7-15(8-10-16)11-19-18(23)21(5)12-13(2)3/h7-10,13-14H,6,11-12H2,1-5H3,(H,19,23)(H,20,22). The molecule has 0 heterocycles. The van der Waals surface area contributed by atoms with Crippen molar-refractivity contribution in [2.24, 2.45) is 5.92 Å². The molecule has 0 aliphatic heterocycles. The largest absolute Gasteiger partial charge is 0.350 e. The third-order valence-electron chi connectivity index (χ3n) is 3.64. The van der Waals surface area contributed by atoms with E-state index in [0.717, 1.165) is 18.5 Å². The van der Waals surface area contributed by atoms with Gasteiger partial charge in [0.1, 0.15) is 0 Å². The van der Waals surface area contributed by atoms with Gasteiger partial charge in [0.15, 0.2) is 0 Å². The van der Waals surface area contributed by atoms with Gasteiger partial charge in [0.2, 0.25) is 0 Å². The van der Waals surface area contributed by atoms with Crippen molar-refractivity contribution in [2.45, 2.75) is 46.7 Å². The first-order valence-corrected chi connectivity index (χ1v) is 8.22. The Morgan fingerprint density at radius 2 is 1.74 bits per heavy atom. The van der Waals surface area contributed by atoms with Gasteiger partial charge in [-0.1, -0.05) is 32.9 Å². The molecule has 2 N–H and O–H groups in total. The molecule has 128 valence electrons. The van der Waals surface area contributed by atoms with Crippen LogP contribution in [0, 0.1) is 5.92 Å². The lowest BCUT2D eigenvalue weighted by Crippen LogP contribution is -2.38. The van der Waals surface area contributed by atoms with Crippen LogP contribution in [0.1, 0.15) is 50.0 Å². The molecule has 3 amide bonds. The summed E-state index contributed by atoms with van der Waals surface area (Å²) in [5.41, 5.74) is 1.61. The first-order valence-electron chi connectivity index (χ1n) is 8.22. The lowest BCUT2D eigenvalue weighted by atomic mass is 10.1. The Morgan fingerprint density at radius 3 is 2.26 bits per heavy atom. The third-order valence-corrected chi connectivity index (χ3v) is 3.64. The molecule has 5 nitrogen and oxygen atoms in total. The molecule has 1 unspecified atom stereocenters. The van der Waals surface area contributed by atoms with Gasteiger partial charge in [0.05, 0.1) is 0 Å². The molecule has 0 saturated carbocycles. The molecule has 0 saturated heterocycles. The Balaban J connectivity index is 2.51. The van der Waals surface area contributed by atoms with Gasteiger partial charge in [-0.3, -0.25) is 4.79 Å². The number of urea groups is 1. The van der Waals surface area contributed by atoms with E-state index in [2.05, 4.69) is 24.5 Å². The fourth-order valence-corrected chi connectivity index (χ4v) is 2.13. The van der Waals surface area contributed by atoms with Gasteiger partial charge in [-0.25, -0.2) is 4.79 Å². The third kappa shape index (κ3) is 6.72. The van der Waals surface area contributed by atoms with Crippen LogP contribution in [0.25, 0.3) is 0 Å². The molecular weight excluding hydrogens is 290 g/mol. The van der Waals surface area contributed by atoms with E-state index in [0.29, 0.717) is 18.0 Å². The molecule has 0 fully saturated rings. The van der Waals surface area contributed by atoms with Crippen molar-refractivity contribution in [1.29, 1.82) is 0 Å². The molecule has 5 heteroatoms. The number of rotatable bonds is 7. The second kappa shape index (κ2) is 9.18. The van der Waals surface area contributed by atoms with Gasteiger partial charge in [-0.2, -0.15) is 0 Å². The summed E-state index contributed by atoms with van der Waals surface area (Å²) in [6.45, 7) is 9.34. The number of nitrogens with zero attached hydrogens (tertiary/aromatic N) is 1. The summed E-state index contributed by atoms with van der Waals surface area (Å²) in [6.07, 6.45) is 0.903. The van der Waals surface area contributed by atoms with Crippen LogP contribution < -0.4 is 10.6 Å². The van der Waals surface area contributed by atoms with E-state index in [-0.39, 0.29) is 18.0 Å². The molecule has 0 bridgehead atoms. The van der Waals surface area contributed by atoms with E-state index in [1.54, 1.807) is 24.1 Å². The number of carbonyl (C=O) groups is 2. The zero-order valence-electron chi connectivity index (χ0n) is 14.8. The molecule has 0 radical (unpaired) electrons. The average molecular weight is 319 g/mol. The summed E-state index contributed by atoms with van der Waals surface area (Å²) in [5.74, 6) is 0.376. The van der Waals surface area contributed by atoms with Crippen LogP contribution in [0.4, 0.5) is 4.79 Å². The molecule has 1 atom stereocenters. The van der Waals surface area contributed by atoms with Crippen LogP contribution in [0.15, 0.2) is 24.3 Å². The fraction of sp³-hybridized carbons (Fsp3) is 0.556. The molecule has 0 aliphatic rings. The van der Waals surface area contributed by atoms with Crippen LogP contribution >= 0.6 is 0 Å². The Hall–Kier alpha value is -2.04. The second-order valence-electron chi connectivity index (χ2n) is 6.41. The van der Waals surface area contributed by atoms with E-state index < -0.39 is 0 Å². The summed E-state index contributed by atoms with van der Waals surface area (Å²) in [4.78, 5) is 25.6. The van der Waals surface area contributed by atoms with Crippen molar-refractivity contribution < 1.29 is 9.59 Å². The Labute approximate surface area is 139 Å². The number of amides is 3.